The normalized spacial score (nSPS) is 19.1. The van der Waals surface area contributed by atoms with Gasteiger partial charge in [0.25, 0.3) is 5.91 Å². The Morgan fingerprint density at radius 1 is 1.24 bits per heavy atom. The minimum Gasteiger partial charge on any atom is -0.481 e. The lowest BCUT2D eigenvalue weighted by molar-refractivity contribution is -0.141. The molecule has 4 rings (SSSR count). The van der Waals surface area contributed by atoms with Crippen LogP contribution in [0.25, 0.3) is 11.0 Å². The summed E-state index contributed by atoms with van der Waals surface area (Å²) in [6.45, 7) is 4.84. The largest absolute Gasteiger partial charge is 0.509 e. The van der Waals surface area contributed by atoms with Gasteiger partial charge < -0.3 is 23.5 Å². The molecule has 2 aromatic rings. The van der Waals surface area contributed by atoms with Crippen LogP contribution in [0, 0.1) is 0 Å². The first-order chi connectivity index (χ1) is 13.9. The van der Waals surface area contributed by atoms with Crippen LogP contribution < -0.4 is 10.4 Å². The van der Waals surface area contributed by atoms with E-state index in [4.69, 9.17) is 18.6 Å². The number of piperidine rings is 1. The van der Waals surface area contributed by atoms with E-state index in [1.807, 2.05) is 13.0 Å². The zero-order valence-corrected chi connectivity index (χ0v) is 16.4. The number of nitrogens with zero attached hydrogens (tertiary/aromatic N) is 1. The van der Waals surface area contributed by atoms with Crippen molar-refractivity contribution in [3.8, 4) is 5.75 Å². The predicted octanol–water partition coefficient (Wildman–Crippen LogP) is 2.65. The van der Waals surface area contributed by atoms with Crippen molar-refractivity contribution < 1.29 is 28.2 Å². The molecule has 0 radical (unpaired) electrons. The third-order valence-electron chi connectivity index (χ3n) is 5.58. The molecule has 3 heterocycles. The Kier molecular flexibility index (Phi) is 4.94. The molecular formula is C21H23NO7. The number of benzene rings is 1. The second-order valence-corrected chi connectivity index (χ2v) is 7.51. The van der Waals surface area contributed by atoms with Gasteiger partial charge in [0, 0.05) is 43.5 Å². The van der Waals surface area contributed by atoms with E-state index >= 15 is 0 Å². The lowest BCUT2D eigenvalue weighted by Gasteiger charge is -2.37. The first-order valence-corrected chi connectivity index (χ1v) is 9.77. The van der Waals surface area contributed by atoms with Crippen molar-refractivity contribution >= 4 is 23.0 Å². The summed E-state index contributed by atoms with van der Waals surface area (Å²) in [6.07, 6.45) is 0.449. The van der Waals surface area contributed by atoms with Crippen molar-refractivity contribution in [2.24, 2.45) is 0 Å². The van der Waals surface area contributed by atoms with E-state index in [1.165, 1.54) is 6.07 Å². The van der Waals surface area contributed by atoms with E-state index in [2.05, 4.69) is 0 Å². The van der Waals surface area contributed by atoms with E-state index in [1.54, 1.807) is 24.0 Å². The molecule has 2 saturated heterocycles. The van der Waals surface area contributed by atoms with Crippen molar-refractivity contribution in [1.82, 2.24) is 4.90 Å². The molecule has 2 aliphatic heterocycles. The SMILES string of the molecule is CCc1cc(=O)oc2cc(OC(C)C(=O)N3CCC4(CC3)COC(=O)O4)ccc12. The molecule has 1 aromatic carbocycles. The fourth-order valence-corrected chi connectivity index (χ4v) is 3.89. The molecule has 29 heavy (non-hydrogen) atoms. The standard InChI is InChI=1S/C21H23NO7/c1-3-14-10-18(23)28-17-11-15(4-5-16(14)17)27-13(2)19(24)22-8-6-21(7-9-22)12-26-20(25)29-21/h4-5,10-11,13H,3,6-9,12H2,1-2H3. The molecule has 2 fully saturated rings. The van der Waals surface area contributed by atoms with Crippen LogP contribution in [-0.4, -0.2) is 48.4 Å². The van der Waals surface area contributed by atoms with Gasteiger partial charge in [-0.25, -0.2) is 9.59 Å². The summed E-state index contributed by atoms with van der Waals surface area (Å²) in [5.74, 6) is 0.315. The minimum absolute atomic E-state index is 0.144. The van der Waals surface area contributed by atoms with Gasteiger partial charge in [-0.1, -0.05) is 6.92 Å². The molecule has 0 bridgehead atoms. The Morgan fingerprint density at radius 2 is 2.00 bits per heavy atom. The van der Waals surface area contributed by atoms with Gasteiger partial charge in [-0.15, -0.1) is 0 Å². The fourth-order valence-electron chi connectivity index (χ4n) is 3.89. The van der Waals surface area contributed by atoms with Crippen LogP contribution in [0.1, 0.15) is 32.3 Å². The lowest BCUT2D eigenvalue weighted by atomic mass is 9.92. The highest BCUT2D eigenvalue weighted by Gasteiger charge is 2.45. The first-order valence-electron chi connectivity index (χ1n) is 9.77. The van der Waals surface area contributed by atoms with Crippen LogP contribution in [-0.2, 0) is 20.7 Å². The summed E-state index contributed by atoms with van der Waals surface area (Å²) in [7, 11) is 0. The van der Waals surface area contributed by atoms with Crippen molar-refractivity contribution in [3.05, 3.63) is 40.2 Å². The average molecular weight is 401 g/mol. The summed E-state index contributed by atoms with van der Waals surface area (Å²) in [5.41, 5.74) is 0.333. The van der Waals surface area contributed by atoms with Gasteiger partial charge in [0.15, 0.2) is 11.7 Å². The van der Waals surface area contributed by atoms with E-state index in [0.717, 1.165) is 10.9 Å². The van der Waals surface area contributed by atoms with Crippen molar-refractivity contribution in [1.29, 1.82) is 0 Å². The predicted molar refractivity (Wildman–Crippen MR) is 103 cm³/mol. The smallest absolute Gasteiger partial charge is 0.481 e. The summed E-state index contributed by atoms with van der Waals surface area (Å²) in [6, 6.07) is 6.74. The summed E-state index contributed by atoms with van der Waals surface area (Å²) in [5, 5.41) is 0.855. The van der Waals surface area contributed by atoms with Gasteiger partial charge in [0.2, 0.25) is 0 Å². The number of aryl methyl sites for hydroxylation is 1. The highest BCUT2D eigenvalue weighted by atomic mass is 16.8. The van der Waals surface area contributed by atoms with Crippen molar-refractivity contribution in [2.75, 3.05) is 19.7 Å². The second-order valence-electron chi connectivity index (χ2n) is 7.51. The summed E-state index contributed by atoms with van der Waals surface area (Å²) >= 11 is 0. The zero-order chi connectivity index (χ0) is 20.6. The van der Waals surface area contributed by atoms with Crippen LogP contribution in [0.15, 0.2) is 33.5 Å². The zero-order valence-electron chi connectivity index (χ0n) is 16.4. The number of ether oxygens (including phenoxy) is 3. The molecule has 1 aromatic heterocycles. The van der Waals surface area contributed by atoms with Crippen LogP contribution in [0.2, 0.25) is 0 Å². The van der Waals surface area contributed by atoms with Crippen molar-refractivity contribution in [2.45, 2.75) is 44.8 Å². The molecule has 0 saturated carbocycles. The Balaban J connectivity index is 1.42. The number of carbonyl (C=O) groups is 2. The molecule has 154 valence electrons. The van der Waals surface area contributed by atoms with Gasteiger partial charge >= 0.3 is 11.8 Å². The minimum atomic E-state index is -0.704. The molecule has 1 atom stereocenters. The maximum absolute atomic E-state index is 12.8. The van der Waals surface area contributed by atoms with Gasteiger partial charge in [-0.3, -0.25) is 4.79 Å². The van der Waals surface area contributed by atoms with Crippen LogP contribution in [0.5, 0.6) is 5.75 Å². The lowest BCUT2D eigenvalue weighted by Crippen LogP contribution is -2.51. The number of rotatable bonds is 4. The van der Waals surface area contributed by atoms with Gasteiger partial charge in [-0.2, -0.15) is 0 Å². The van der Waals surface area contributed by atoms with Crippen LogP contribution in [0.3, 0.4) is 0 Å². The molecule has 1 unspecified atom stereocenters. The van der Waals surface area contributed by atoms with Crippen molar-refractivity contribution in [3.63, 3.8) is 0 Å². The van der Waals surface area contributed by atoms with E-state index in [-0.39, 0.29) is 12.5 Å². The van der Waals surface area contributed by atoms with E-state index < -0.39 is 23.5 Å². The topological polar surface area (TPSA) is 95.3 Å². The molecule has 1 spiro atoms. The number of cyclic esters (lactones) is 1. The average Bonchev–Trinajstić information content (AvgIpc) is 3.07. The number of carbonyl (C=O) groups excluding carboxylic acids is 2. The molecule has 2 aliphatic rings. The fraction of sp³-hybridized carbons (Fsp3) is 0.476. The quantitative estimate of drug-likeness (QED) is 0.574. The summed E-state index contributed by atoms with van der Waals surface area (Å²) in [4.78, 5) is 37.4. The molecule has 0 N–H and O–H groups in total. The monoisotopic (exact) mass is 401 g/mol. The third kappa shape index (κ3) is 3.79. The second kappa shape index (κ2) is 7.42. The highest BCUT2D eigenvalue weighted by molar-refractivity contribution is 5.83. The summed E-state index contributed by atoms with van der Waals surface area (Å²) < 4.78 is 21.3. The van der Waals surface area contributed by atoms with Gasteiger partial charge in [-0.05, 0) is 31.0 Å². The van der Waals surface area contributed by atoms with E-state index in [0.29, 0.717) is 43.7 Å². The number of likely N-dealkylation sites (tertiary alicyclic amines) is 1. The Bertz CT molecular complexity index is 1000. The van der Waals surface area contributed by atoms with Crippen LogP contribution >= 0.6 is 0 Å². The Morgan fingerprint density at radius 3 is 2.66 bits per heavy atom. The maximum Gasteiger partial charge on any atom is 0.509 e. The molecule has 8 heteroatoms. The first kappa shape index (κ1) is 19.3. The van der Waals surface area contributed by atoms with Crippen LogP contribution in [0.4, 0.5) is 4.79 Å². The Hall–Kier alpha value is -3.03. The number of fused-ring (bicyclic) bond motifs is 1. The molecule has 0 aliphatic carbocycles. The Labute approximate surface area is 167 Å². The van der Waals surface area contributed by atoms with Gasteiger partial charge in [0.05, 0.1) is 0 Å². The molecular weight excluding hydrogens is 378 g/mol. The highest BCUT2D eigenvalue weighted by Crippen LogP contribution is 2.32. The molecule has 1 amide bonds. The number of hydrogen-bond acceptors (Lipinski definition) is 7. The van der Waals surface area contributed by atoms with Gasteiger partial charge in [0.1, 0.15) is 17.9 Å². The number of hydrogen-bond donors (Lipinski definition) is 0. The third-order valence-corrected chi connectivity index (χ3v) is 5.58. The molecule has 8 nitrogen and oxygen atoms in total. The maximum atomic E-state index is 12.8. The number of amides is 1. The van der Waals surface area contributed by atoms with E-state index in [9.17, 15) is 14.4 Å².